The summed E-state index contributed by atoms with van der Waals surface area (Å²) in [5.41, 5.74) is 3.15. The van der Waals surface area contributed by atoms with Crippen molar-refractivity contribution in [3.05, 3.63) is 48.0 Å². The standard InChI is InChI=1S/C21H25N3O4S/c1-15-12-17-13-20(6-7-21(17)24(15)16(2)25)29(26,27)22-18-4-3-5-19(14-18)23-8-10-28-11-9-23/h3-7,13-15,22H,8-12H2,1-2H3/t15-/m1/s1. The Bertz CT molecular complexity index is 1030. The summed E-state index contributed by atoms with van der Waals surface area (Å²) in [5, 5.41) is 0. The van der Waals surface area contributed by atoms with Crippen LogP contribution in [0.25, 0.3) is 0 Å². The molecule has 2 aromatic rings. The van der Waals surface area contributed by atoms with Crippen LogP contribution in [0.15, 0.2) is 47.4 Å². The van der Waals surface area contributed by atoms with Crippen LogP contribution in [0.2, 0.25) is 0 Å². The minimum atomic E-state index is -3.73. The van der Waals surface area contributed by atoms with Crippen LogP contribution in [-0.2, 0) is 26.0 Å². The van der Waals surface area contributed by atoms with Crippen LogP contribution in [-0.4, -0.2) is 46.7 Å². The van der Waals surface area contributed by atoms with Gasteiger partial charge in [0.15, 0.2) is 0 Å². The van der Waals surface area contributed by atoms with Gasteiger partial charge in [0, 0.05) is 37.4 Å². The predicted molar refractivity (Wildman–Crippen MR) is 113 cm³/mol. The molecule has 2 aliphatic heterocycles. The Hall–Kier alpha value is -2.58. The number of carbonyl (C=O) groups excluding carboxylic acids is 1. The average molecular weight is 416 g/mol. The highest BCUT2D eigenvalue weighted by Crippen LogP contribution is 2.34. The second-order valence-electron chi connectivity index (χ2n) is 7.49. The molecule has 1 N–H and O–H groups in total. The first-order valence-corrected chi connectivity index (χ1v) is 11.2. The van der Waals surface area contributed by atoms with Crippen LogP contribution in [0, 0.1) is 0 Å². The van der Waals surface area contributed by atoms with Crippen molar-refractivity contribution in [3.63, 3.8) is 0 Å². The molecule has 2 aromatic carbocycles. The van der Waals surface area contributed by atoms with Gasteiger partial charge < -0.3 is 14.5 Å². The number of hydrogen-bond acceptors (Lipinski definition) is 5. The fourth-order valence-corrected chi connectivity index (χ4v) is 5.16. The Morgan fingerprint density at radius 2 is 1.90 bits per heavy atom. The zero-order valence-electron chi connectivity index (χ0n) is 16.6. The lowest BCUT2D eigenvalue weighted by atomic mass is 10.1. The molecule has 29 heavy (non-hydrogen) atoms. The number of morpholine rings is 1. The summed E-state index contributed by atoms with van der Waals surface area (Å²) in [6, 6.07) is 12.4. The summed E-state index contributed by atoms with van der Waals surface area (Å²) in [5.74, 6) is -0.0371. The summed E-state index contributed by atoms with van der Waals surface area (Å²) in [6.07, 6.45) is 0.644. The van der Waals surface area contributed by atoms with E-state index in [1.165, 1.54) is 6.92 Å². The molecule has 0 radical (unpaired) electrons. The number of rotatable bonds is 4. The third-order valence-electron chi connectivity index (χ3n) is 5.39. The van der Waals surface area contributed by atoms with Crippen LogP contribution in [0.4, 0.5) is 17.1 Å². The van der Waals surface area contributed by atoms with Crippen molar-refractivity contribution < 1.29 is 17.9 Å². The highest BCUT2D eigenvalue weighted by atomic mass is 32.2. The number of anilines is 3. The number of amides is 1. The van der Waals surface area contributed by atoms with Crippen LogP contribution in [0.3, 0.4) is 0 Å². The van der Waals surface area contributed by atoms with Gasteiger partial charge >= 0.3 is 0 Å². The maximum atomic E-state index is 13.0. The lowest BCUT2D eigenvalue weighted by molar-refractivity contribution is -0.116. The third kappa shape index (κ3) is 3.95. The molecule has 1 saturated heterocycles. The number of ether oxygens (including phenoxy) is 1. The van der Waals surface area contributed by atoms with Gasteiger partial charge in [-0.3, -0.25) is 9.52 Å². The number of sulfonamides is 1. The second-order valence-corrected chi connectivity index (χ2v) is 9.17. The van der Waals surface area contributed by atoms with Gasteiger partial charge in [0.25, 0.3) is 10.0 Å². The molecule has 0 spiro atoms. The minimum Gasteiger partial charge on any atom is -0.378 e. The molecule has 0 unspecified atom stereocenters. The highest BCUT2D eigenvalue weighted by molar-refractivity contribution is 7.92. The molecule has 154 valence electrons. The molecule has 0 aromatic heterocycles. The molecular weight excluding hydrogens is 390 g/mol. The minimum absolute atomic E-state index is 0.0265. The van der Waals surface area contributed by atoms with E-state index < -0.39 is 10.0 Å². The van der Waals surface area contributed by atoms with Gasteiger partial charge in [-0.15, -0.1) is 0 Å². The van der Waals surface area contributed by atoms with E-state index in [9.17, 15) is 13.2 Å². The molecule has 0 aliphatic carbocycles. The third-order valence-corrected chi connectivity index (χ3v) is 6.77. The molecular formula is C21H25N3O4S. The van der Waals surface area contributed by atoms with Crippen molar-refractivity contribution in [2.45, 2.75) is 31.2 Å². The normalized spacial score (nSPS) is 19.2. The maximum Gasteiger partial charge on any atom is 0.261 e. The fraction of sp³-hybridized carbons (Fsp3) is 0.381. The molecule has 1 atom stereocenters. The van der Waals surface area contributed by atoms with Gasteiger partial charge in [-0.05, 0) is 55.3 Å². The van der Waals surface area contributed by atoms with E-state index in [2.05, 4.69) is 9.62 Å². The van der Waals surface area contributed by atoms with Crippen LogP contribution in [0.1, 0.15) is 19.4 Å². The van der Waals surface area contributed by atoms with Crippen molar-refractivity contribution in [1.82, 2.24) is 0 Å². The van der Waals surface area contributed by atoms with E-state index in [4.69, 9.17) is 4.74 Å². The van der Waals surface area contributed by atoms with Gasteiger partial charge in [0.05, 0.1) is 23.8 Å². The van der Waals surface area contributed by atoms with Crippen LogP contribution < -0.4 is 14.5 Å². The van der Waals surface area contributed by atoms with Crippen molar-refractivity contribution in [3.8, 4) is 0 Å². The van der Waals surface area contributed by atoms with Gasteiger partial charge in [0.2, 0.25) is 5.91 Å². The summed E-state index contributed by atoms with van der Waals surface area (Å²) in [6.45, 7) is 6.39. The SMILES string of the molecule is CC(=O)N1c2ccc(S(=O)(=O)Nc3cccc(N4CCOCC4)c3)cc2C[C@H]1C. The second kappa shape index (κ2) is 7.68. The van der Waals surface area contributed by atoms with Crippen molar-refractivity contribution in [1.29, 1.82) is 0 Å². The number of nitrogens with zero attached hydrogens (tertiary/aromatic N) is 2. The Morgan fingerprint density at radius 3 is 2.62 bits per heavy atom. The Balaban J connectivity index is 1.57. The number of benzene rings is 2. The average Bonchev–Trinajstić information content (AvgIpc) is 3.03. The molecule has 0 bridgehead atoms. The first kappa shape index (κ1) is 19.7. The fourth-order valence-electron chi connectivity index (χ4n) is 4.06. The Morgan fingerprint density at radius 1 is 1.14 bits per heavy atom. The summed E-state index contributed by atoms with van der Waals surface area (Å²) >= 11 is 0. The lowest BCUT2D eigenvalue weighted by Crippen LogP contribution is -2.36. The number of fused-ring (bicyclic) bond motifs is 1. The van der Waals surface area contributed by atoms with Crippen LogP contribution in [0.5, 0.6) is 0 Å². The van der Waals surface area contributed by atoms with E-state index in [-0.39, 0.29) is 16.8 Å². The van der Waals surface area contributed by atoms with E-state index in [0.717, 1.165) is 30.0 Å². The van der Waals surface area contributed by atoms with Gasteiger partial charge in [0.1, 0.15) is 0 Å². The summed E-state index contributed by atoms with van der Waals surface area (Å²) < 4.78 is 34.0. The molecule has 1 amide bonds. The monoisotopic (exact) mass is 415 g/mol. The molecule has 2 heterocycles. The molecule has 8 heteroatoms. The number of carbonyl (C=O) groups is 1. The molecule has 2 aliphatic rings. The molecule has 4 rings (SSSR count). The highest BCUT2D eigenvalue weighted by Gasteiger charge is 2.30. The van der Waals surface area contributed by atoms with Crippen molar-refractivity contribution in [2.24, 2.45) is 0 Å². The van der Waals surface area contributed by atoms with E-state index in [1.807, 2.05) is 25.1 Å². The van der Waals surface area contributed by atoms with E-state index >= 15 is 0 Å². The van der Waals surface area contributed by atoms with Crippen molar-refractivity contribution >= 4 is 33.0 Å². The number of nitrogens with one attached hydrogen (secondary N) is 1. The first-order valence-electron chi connectivity index (χ1n) is 9.73. The lowest BCUT2D eigenvalue weighted by Gasteiger charge is -2.29. The molecule has 7 nitrogen and oxygen atoms in total. The van der Waals surface area contributed by atoms with E-state index in [0.29, 0.717) is 25.3 Å². The Kier molecular flexibility index (Phi) is 5.23. The first-order chi connectivity index (χ1) is 13.8. The summed E-state index contributed by atoms with van der Waals surface area (Å²) in [7, 11) is -3.73. The molecule has 1 fully saturated rings. The van der Waals surface area contributed by atoms with E-state index in [1.54, 1.807) is 29.2 Å². The Labute approximate surface area is 171 Å². The smallest absolute Gasteiger partial charge is 0.261 e. The topological polar surface area (TPSA) is 79.0 Å². The largest absolute Gasteiger partial charge is 0.378 e. The molecule has 0 saturated carbocycles. The van der Waals surface area contributed by atoms with Gasteiger partial charge in [-0.1, -0.05) is 6.07 Å². The van der Waals surface area contributed by atoms with Gasteiger partial charge in [-0.25, -0.2) is 8.42 Å². The van der Waals surface area contributed by atoms with Crippen molar-refractivity contribution in [2.75, 3.05) is 40.8 Å². The zero-order chi connectivity index (χ0) is 20.6. The number of hydrogen-bond donors (Lipinski definition) is 1. The van der Waals surface area contributed by atoms with Gasteiger partial charge in [-0.2, -0.15) is 0 Å². The maximum absolute atomic E-state index is 13.0. The zero-order valence-corrected chi connectivity index (χ0v) is 17.4. The summed E-state index contributed by atoms with van der Waals surface area (Å²) in [4.78, 5) is 16.0. The van der Waals surface area contributed by atoms with Crippen LogP contribution >= 0.6 is 0 Å². The quantitative estimate of drug-likeness (QED) is 0.831. The predicted octanol–water partition coefficient (Wildman–Crippen LogP) is 2.62.